The van der Waals surface area contributed by atoms with Gasteiger partial charge >= 0.3 is 0 Å². The molecule has 0 bridgehead atoms. The van der Waals surface area contributed by atoms with E-state index in [1.807, 2.05) is 19.9 Å². The zero-order valence-corrected chi connectivity index (χ0v) is 13.3. The first-order valence-corrected chi connectivity index (χ1v) is 7.50. The third-order valence-electron chi connectivity index (χ3n) is 3.72. The molecule has 0 saturated carbocycles. The third-order valence-corrected chi connectivity index (χ3v) is 3.92. The van der Waals surface area contributed by atoms with Crippen LogP contribution >= 0.6 is 12.2 Å². The summed E-state index contributed by atoms with van der Waals surface area (Å²) in [6.07, 6.45) is 3.83. The molecule has 5 heteroatoms. The van der Waals surface area contributed by atoms with Crippen LogP contribution in [0.1, 0.15) is 36.2 Å². The van der Waals surface area contributed by atoms with Crippen molar-refractivity contribution in [1.82, 2.24) is 4.98 Å². The van der Waals surface area contributed by atoms with Crippen molar-refractivity contribution in [3.8, 4) is 0 Å². The van der Waals surface area contributed by atoms with E-state index >= 15 is 0 Å². The van der Waals surface area contributed by atoms with Gasteiger partial charge in [0, 0.05) is 31.6 Å². The van der Waals surface area contributed by atoms with Crippen molar-refractivity contribution < 1.29 is 4.74 Å². The Labute approximate surface area is 126 Å². The molecule has 1 unspecified atom stereocenters. The highest BCUT2D eigenvalue weighted by molar-refractivity contribution is 7.80. The summed E-state index contributed by atoms with van der Waals surface area (Å²) in [6.45, 7) is 5.67. The van der Waals surface area contributed by atoms with Gasteiger partial charge in [-0.05, 0) is 39.2 Å². The zero-order chi connectivity index (χ0) is 14.7. The van der Waals surface area contributed by atoms with E-state index < -0.39 is 0 Å². The van der Waals surface area contributed by atoms with Gasteiger partial charge < -0.3 is 15.4 Å². The number of anilines is 1. The second-order valence-electron chi connectivity index (χ2n) is 5.48. The second-order valence-corrected chi connectivity index (χ2v) is 5.92. The molecule has 0 aromatic carbocycles. The molecule has 1 atom stereocenters. The smallest absolute Gasteiger partial charge is 0.107 e. The highest BCUT2D eigenvalue weighted by Gasteiger charge is 2.19. The molecule has 1 saturated heterocycles. The number of hydrogen-bond acceptors (Lipinski definition) is 4. The summed E-state index contributed by atoms with van der Waals surface area (Å²) in [7, 11) is 2.06. The third kappa shape index (κ3) is 3.46. The van der Waals surface area contributed by atoms with Gasteiger partial charge in [0.1, 0.15) is 4.99 Å². The lowest BCUT2D eigenvalue weighted by Crippen LogP contribution is -2.34. The minimum atomic E-state index is 0.293. The largest absolute Gasteiger partial charge is 0.389 e. The predicted octanol–water partition coefficient (Wildman–Crippen LogP) is 2.34. The van der Waals surface area contributed by atoms with Gasteiger partial charge in [0.25, 0.3) is 0 Å². The van der Waals surface area contributed by atoms with E-state index in [4.69, 9.17) is 22.7 Å². The van der Waals surface area contributed by atoms with Crippen molar-refractivity contribution in [2.24, 2.45) is 5.73 Å². The van der Waals surface area contributed by atoms with Crippen molar-refractivity contribution in [3.63, 3.8) is 0 Å². The molecular formula is C15H23N3OS. The first kappa shape index (κ1) is 15.2. The number of likely N-dealkylation sites (N-methyl/N-ethyl adjacent to an activating group) is 1. The van der Waals surface area contributed by atoms with Crippen LogP contribution in [0.4, 0.5) is 5.69 Å². The molecule has 2 rings (SSSR count). The van der Waals surface area contributed by atoms with Crippen LogP contribution in [0, 0.1) is 13.8 Å². The van der Waals surface area contributed by atoms with Gasteiger partial charge in [0.2, 0.25) is 0 Å². The van der Waals surface area contributed by atoms with E-state index in [2.05, 4.69) is 16.9 Å². The monoisotopic (exact) mass is 293 g/mol. The number of thiocarbonyl (C=S) groups is 1. The van der Waals surface area contributed by atoms with Crippen LogP contribution in [0.5, 0.6) is 0 Å². The first-order chi connectivity index (χ1) is 9.49. The van der Waals surface area contributed by atoms with E-state index in [1.54, 1.807) is 0 Å². The van der Waals surface area contributed by atoms with Crippen LogP contribution in [0.3, 0.4) is 0 Å². The Hall–Kier alpha value is -1.20. The van der Waals surface area contributed by atoms with Crippen LogP contribution < -0.4 is 10.6 Å². The topological polar surface area (TPSA) is 51.4 Å². The lowest BCUT2D eigenvalue weighted by molar-refractivity contribution is 0.0216. The highest BCUT2D eigenvalue weighted by Crippen LogP contribution is 2.24. The molecule has 1 aromatic heterocycles. The maximum absolute atomic E-state index is 5.87. The molecule has 0 amide bonds. The van der Waals surface area contributed by atoms with E-state index in [1.165, 1.54) is 12.8 Å². The second kappa shape index (κ2) is 6.50. The molecule has 1 aliphatic rings. The fourth-order valence-electron chi connectivity index (χ4n) is 2.77. The van der Waals surface area contributed by atoms with Crippen LogP contribution in [0.2, 0.25) is 0 Å². The fourth-order valence-corrected chi connectivity index (χ4v) is 3.02. The SMILES string of the molecule is Cc1cc(N(C)CC2CCCCO2)c(C(N)=S)c(C)n1. The first-order valence-electron chi connectivity index (χ1n) is 7.10. The average molecular weight is 293 g/mol. The maximum Gasteiger partial charge on any atom is 0.107 e. The molecule has 0 spiro atoms. The Morgan fingerprint density at radius 1 is 1.50 bits per heavy atom. The average Bonchev–Trinajstić information content (AvgIpc) is 2.38. The quantitative estimate of drug-likeness (QED) is 0.864. The van der Waals surface area contributed by atoms with Gasteiger partial charge in [-0.15, -0.1) is 0 Å². The summed E-state index contributed by atoms with van der Waals surface area (Å²) in [4.78, 5) is 7.05. The lowest BCUT2D eigenvalue weighted by Gasteiger charge is -2.30. The number of hydrogen-bond donors (Lipinski definition) is 1. The number of aryl methyl sites for hydroxylation is 2. The van der Waals surface area contributed by atoms with Crippen molar-refractivity contribution in [2.75, 3.05) is 25.1 Å². The summed E-state index contributed by atoms with van der Waals surface area (Å²) in [5.74, 6) is 0. The molecule has 20 heavy (non-hydrogen) atoms. The Kier molecular flexibility index (Phi) is 4.94. The van der Waals surface area contributed by atoms with Crippen molar-refractivity contribution in [3.05, 3.63) is 23.0 Å². The molecule has 1 fully saturated rings. The van der Waals surface area contributed by atoms with Crippen LogP contribution in [0.25, 0.3) is 0 Å². The summed E-state index contributed by atoms with van der Waals surface area (Å²) in [5, 5.41) is 0. The highest BCUT2D eigenvalue weighted by atomic mass is 32.1. The molecule has 1 aromatic rings. The molecule has 1 aliphatic heterocycles. The van der Waals surface area contributed by atoms with Gasteiger partial charge in [0.15, 0.2) is 0 Å². The Morgan fingerprint density at radius 3 is 2.85 bits per heavy atom. The Bertz CT molecular complexity index is 498. The normalized spacial score (nSPS) is 18.9. The number of nitrogens with zero attached hydrogens (tertiary/aromatic N) is 2. The van der Waals surface area contributed by atoms with E-state index in [0.717, 1.165) is 42.2 Å². The molecule has 110 valence electrons. The fraction of sp³-hybridized carbons (Fsp3) is 0.600. The Balaban J connectivity index is 2.23. The van der Waals surface area contributed by atoms with Crippen molar-refractivity contribution in [2.45, 2.75) is 39.2 Å². The number of nitrogens with two attached hydrogens (primary N) is 1. The van der Waals surface area contributed by atoms with Gasteiger partial charge in [0.05, 0.1) is 17.4 Å². The van der Waals surface area contributed by atoms with E-state index in [9.17, 15) is 0 Å². The molecule has 0 aliphatic carbocycles. The van der Waals surface area contributed by atoms with Crippen LogP contribution in [-0.2, 0) is 4.74 Å². The van der Waals surface area contributed by atoms with Crippen LogP contribution in [0.15, 0.2) is 6.07 Å². The molecule has 4 nitrogen and oxygen atoms in total. The van der Waals surface area contributed by atoms with Gasteiger partial charge in [-0.2, -0.15) is 0 Å². The van der Waals surface area contributed by atoms with E-state index in [-0.39, 0.29) is 0 Å². The zero-order valence-electron chi connectivity index (χ0n) is 12.5. The lowest BCUT2D eigenvalue weighted by atomic mass is 10.1. The Morgan fingerprint density at radius 2 is 2.25 bits per heavy atom. The minimum absolute atomic E-state index is 0.293. The minimum Gasteiger partial charge on any atom is -0.389 e. The van der Waals surface area contributed by atoms with Crippen molar-refractivity contribution >= 4 is 22.9 Å². The maximum atomic E-state index is 5.87. The number of aromatic nitrogens is 1. The number of rotatable bonds is 4. The van der Waals surface area contributed by atoms with Gasteiger partial charge in [-0.3, -0.25) is 4.98 Å². The summed E-state index contributed by atoms with van der Waals surface area (Å²) in [6, 6.07) is 2.05. The molecule has 2 heterocycles. The van der Waals surface area contributed by atoms with Gasteiger partial charge in [-0.1, -0.05) is 12.2 Å². The number of pyridine rings is 1. The van der Waals surface area contributed by atoms with E-state index in [0.29, 0.717) is 11.1 Å². The molecule has 2 N–H and O–H groups in total. The summed E-state index contributed by atoms with van der Waals surface area (Å²) in [5.41, 5.74) is 9.67. The standard InChI is InChI=1S/C15H23N3OS/c1-10-8-13(14(15(16)20)11(2)17-10)18(3)9-12-6-4-5-7-19-12/h8,12H,4-7,9H2,1-3H3,(H2,16,20). The molecule has 0 radical (unpaired) electrons. The van der Waals surface area contributed by atoms with Gasteiger partial charge in [-0.25, -0.2) is 0 Å². The summed E-state index contributed by atoms with van der Waals surface area (Å²) < 4.78 is 5.81. The number of ether oxygens (including phenoxy) is 1. The van der Waals surface area contributed by atoms with Crippen molar-refractivity contribution in [1.29, 1.82) is 0 Å². The predicted molar refractivity (Wildman–Crippen MR) is 86.5 cm³/mol. The van der Waals surface area contributed by atoms with Crippen LogP contribution in [-0.4, -0.2) is 36.3 Å². The summed E-state index contributed by atoms with van der Waals surface area (Å²) >= 11 is 5.18. The molecular weight excluding hydrogens is 270 g/mol.